The molecule has 20 heavy (non-hydrogen) atoms. The van der Waals surface area contributed by atoms with Crippen LogP contribution in [0, 0.1) is 0 Å². The first-order valence-electron chi connectivity index (χ1n) is 7.30. The zero-order valence-corrected chi connectivity index (χ0v) is 12.6. The molecule has 0 spiro atoms. The molecule has 2 N–H and O–H groups in total. The molecular weight excluding hydrogens is 254 g/mol. The molecule has 0 bridgehead atoms. The Kier molecular flexibility index (Phi) is 5.02. The van der Waals surface area contributed by atoms with Crippen LogP contribution in [0.15, 0.2) is 24.3 Å². The molecule has 1 aromatic carbocycles. The molecule has 2 rings (SSSR count). The summed E-state index contributed by atoms with van der Waals surface area (Å²) in [7, 11) is 0. The topological polar surface area (TPSA) is 50.7 Å². The van der Waals surface area contributed by atoms with Crippen LogP contribution in [-0.4, -0.2) is 36.1 Å². The number of hydrogen-bond acceptors (Lipinski definition) is 4. The van der Waals surface area contributed by atoms with E-state index in [2.05, 4.69) is 5.32 Å². The molecule has 0 radical (unpaired) electrons. The van der Waals surface area contributed by atoms with E-state index in [1.165, 1.54) is 0 Å². The first-order valence-corrected chi connectivity index (χ1v) is 7.30. The number of ether oxygens (including phenoxy) is 2. The van der Waals surface area contributed by atoms with Gasteiger partial charge in [-0.05, 0) is 26.8 Å². The number of hydrogen-bond donors (Lipinski definition) is 2. The lowest BCUT2D eigenvalue weighted by molar-refractivity contribution is -0.0263. The van der Waals surface area contributed by atoms with Crippen molar-refractivity contribution in [1.29, 1.82) is 0 Å². The SMILES string of the molecule is CC(C)Oc1ccccc1CNCC1(O)CCOC1C. The van der Waals surface area contributed by atoms with E-state index < -0.39 is 5.60 Å². The second kappa shape index (κ2) is 6.57. The van der Waals surface area contributed by atoms with Gasteiger partial charge in [0.2, 0.25) is 0 Å². The largest absolute Gasteiger partial charge is 0.491 e. The van der Waals surface area contributed by atoms with Crippen molar-refractivity contribution in [2.24, 2.45) is 0 Å². The molecule has 1 saturated heterocycles. The summed E-state index contributed by atoms with van der Waals surface area (Å²) in [5.74, 6) is 0.901. The summed E-state index contributed by atoms with van der Waals surface area (Å²) in [4.78, 5) is 0. The lowest BCUT2D eigenvalue weighted by Crippen LogP contribution is -2.45. The normalized spacial score (nSPS) is 26.1. The lowest BCUT2D eigenvalue weighted by atomic mass is 9.96. The van der Waals surface area contributed by atoms with Crippen molar-refractivity contribution in [2.75, 3.05) is 13.2 Å². The zero-order valence-electron chi connectivity index (χ0n) is 12.6. The van der Waals surface area contributed by atoms with Gasteiger partial charge in [-0.2, -0.15) is 0 Å². The van der Waals surface area contributed by atoms with Gasteiger partial charge in [0.1, 0.15) is 11.4 Å². The fourth-order valence-electron chi connectivity index (χ4n) is 2.44. The summed E-state index contributed by atoms with van der Waals surface area (Å²) >= 11 is 0. The number of aliphatic hydroxyl groups is 1. The average Bonchev–Trinajstić information content (AvgIpc) is 2.71. The van der Waals surface area contributed by atoms with Crippen molar-refractivity contribution in [3.63, 3.8) is 0 Å². The fourth-order valence-corrected chi connectivity index (χ4v) is 2.44. The molecule has 0 amide bonds. The van der Waals surface area contributed by atoms with Gasteiger partial charge < -0.3 is 19.9 Å². The highest BCUT2D eigenvalue weighted by atomic mass is 16.5. The second-order valence-electron chi connectivity index (χ2n) is 5.74. The van der Waals surface area contributed by atoms with E-state index in [1.54, 1.807) is 0 Å². The van der Waals surface area contributed by atoms with Crippen LogP contribution < -0.4 is 10.1 Å². The minimum Gasteiger partial charge on any atom is -0.491 e. The molecule has 4 heteroatoms. The van der Waals surface area contributed by atoms with Gasteiger partial charge in [0.05, 0.1) is 12.2 Å². The Bertz CT molecular complexity index is 435. The molecule has 1 aromatic rings. The van der Waals surface area contributed by atoms with Crippen molar-refractivity contribution in [3.05, 3.63) is 29.8 Å². The van der Waals surface area contributed by atoms with Crippen molar-refractivity contribution < 1.29 is 14.6 Å². The van der Waals surface area contributed by atoms with Crippen LogP contribution in [0.25, 0.3) is 0 Å². The first kappa shape index (κ1) is 15.3. The van der Waals surface area contributed by atoms with E-state index in [0.717, 1.165) is 11.3 Å². The molecule has 2 unspecified atom stereocenters. The fraction of sp³-hybridized carbons (Fsp3) is 0.625. The number of benzene rings is 1. The van der Waals surface area contributed by atoms with Crippen LogP contribution in [0.4, 0.5) is 0 Å². The van der Waals surface area contributed by atoms with Gasteiger partial charge in [-0.1, -0.05) is 18.2 Å². The van der Waals surface area contributed by atoms with Gasteiger partial charge in [0, 0.05) is 31.7 Å². The maximum absolute atomic E-state index is 10.4. The highest BCUT2D eigenvalue weighted by Crippen LogP contribution is 2.25. The maximum atomic E-state index is 10.4. The van der Waals surface area contributed by atoms with Crippen LogP contribution in [0.2, 0.25) is 0 Å². The van der Waals surface area contributed by atoms with E-state index in [-0.39, 0.29) is 12.2 Å². The number of rotatable bonds is 6. The van der Waals surface area contributed by atoms with Crippen LogP contribution in [0.3, 0.4) is 0 Å². The first-order chi connectivity index (χ1) is 9.51. The smallest absolute Gasteiger partial charge is 0.124 e. The second-order valence-corrected chi connectivity index (χ2v) is 5.74. The Labute approximate surface area is 121 Å². The third-order valence-electron chi connectivity index (χ3n) is 3.74. The van der Waals surface area contributed by atoms with Gasteiger partial charge >= 0.3 is 0 Å². The van der Waals surface area contributed by atoms with E-state index in [9.17, 15) is 5.11 Å². The van der Waals surface area contributed by atoms with Gasteiger partial charge in [0.15, 0.2) is 0 Å². The van der Waals surface area contributed by atoms with Gasteiger partial charge in [-0.3, -0.25) is 0 Å². The molecular formula is C16H25NO3. The Morgan fingerprint density at radius 1 is 1.45 bits per heavy atom. The standard InChI is InChI=1S/C16H25NO3/c1-12(2)20-15-7-5-4-6-14(15)10-17-11-16(18)8-9-19-13(16)3/h4-7,12-13,17-18H,8-11H2,1-3H3. The minimum atomic E-state index is -0.756. The van der Waals surface area contributed by atoms with Gasteiger partial charge in [-0.15, -0.1) is 0 Å². The molecule has 4 nitrogen and oxygen atoms in total. The summed E-state index contributed by atoms with van der Waals surface area (Å²) in [6.45, 7) is 7.80. The Hall–Kier alpha value is -1.10. The third kappa shape index (κ3) is 3.72. The van der Waals surface area contributed by atoms with Crippen LogP contribution in [-0.2, 0) is 11.3 Å². The van der Waals surface area contributed by atoms with Crippen molar-refractivity contribution in [2.45, 2.75) is 51.5 Å². The maximum Gasteiger partial charge on any atom is 0.124 e. The summed E-state index contributed by atoms with van der Waals surface area (Å²) in [5.41, 5.74) is 0.352. The highest BCUT2D eigenvalue weighted by Gasteiger charge is 2.38. The molecule has 112 valence electrons. The van der Waals surface area contributed by atoms with E-state index in [1.807, 2.05) is 45.0 Å². The summed E-state index contributed by atoms with van der Waals surface area (Å²) in [5, 5.41) is 13.8. The lowest BCUT2D eigenvalue weighted by Gasteiger charge is -2.26. The molecule has 0 aromatic heterocycles. The summed E-state index contributed by atoms with van der Waals surface area (Å²) in [6, 6.07) is 8.00. The monoisotopic (exact) mass is 279 g/mol. The molecule has 1 aliphatic rings. The molecule has 1 aliphatic heterocycles. The Morgan fingerprint density at radius 3 is 2.85 bits per heavy atom. The van der Waals surface area contributed by atoms with E-state index >= 15 is 0 Å². The van der Waals surface area contributed by atoms with Gasteiger partial charge in [-0.25, -0.2) is 0 Å². The molecule has 2 atom stereocenters. The molecule has 0 saturated carbocycles. The van der Waals surface area contributed by atoms with Crippen LogP contribution in [0.1, 0.15) is 32.8 Å². The average molecular weight is 279 g/mol. The minimum absolute atomic E-state index is 0.114. The third-order valence-corrected chi connectivity index (χ3v) is 3.74. The van der Waals surface area contributed by atoms with E-state index in [4.69, 9.17) is 9.47 Å². The number of para-hydroxylation sites is 1. The highest BCUT2D eigenvalue weighted by molar-refractivity contribution is 5.33. The molecule has 1 heterocycles. The van der Waals surface area contributed by atoms with Crippen LogP contribution >= 0.6 is 0 Å². The zero-order chi connectivity index (χ0) is 14.6. The summed E-state index contributed by atoms with van der Waals surface area (Å²) in [6.07, 6.45) is 0.728. The molecule has 0 aliphatic carbocycles. The van der Waals surface area contributed by atoms with E-state index in [0.29, 0.717) is 26.1 Å². The molecule has 1 fully saturated rings. The van der Waals surface area contributed by atoms with Crippen molar-refractivity contribution in [1.82, 2.24) is 5.32 Å². The van der Waals surface area contributed by atoms with Crippen LogP contribution in [0.5, 0.6) is 5.75 Å². The predicted molar refractivity (Wildman–Crippen MR) is 78.9 cm³/mol. The van der Waals surface area contributed by atoms with Gasteiger partial charge in [0.25, 0.3) is 0 Å². The van der Waals surface area contributed by atoms with Crippen molar-refractivity contribution in [3.8, 4) is 5.75 Å². The summed E-state index contributed by atoms with van der Waals surface area (Å²) < 4.78 is 11.2. The van der Waals surface area contributed by atoms with Crippen molar-refractivity contribution >= 4 is 0 Å². The Balaban J connectivity index is 1.91. The Morgan fingerprint density at radius 2 is 2.20 bits per heavy atom. The quantitative estimate of drug-likeness (QED) is 0.837. The number of nitrogens with one attached hydrogen (secondary N) is 1. The predicted octanol–water partition coefficient (Wildman–Crippen LogP) is 2.10.